The van der Waals surface area contributed by atoms with Crippen LogP contribution < -0.4 is 0 Å². The quantitative estimate of drug-likeness (QED) is 0.182. The molecule has 0 saturated carbocycles. The lowest BCUT2D eigenvalue weighted by Crippen LogP contribution is -2.66. The van der Waals surface area contributed by atoms with Gasteiger partial charge >= 0.3 is 0 Å². The molecule has 0 aromatic carbocycles. The van der Waals surface area contributed by atoms with Crippen LogP contribution in [0.25, 0.3) is 0 Å². The predicted molar refractivity (Wildman–Crippen MR) is 98.4 cm³/mol. The van der Waals surface area contributed by atoms with Crippen LogP contribution in [0.2, 0.25) is 0 Å². The Bertz CT molecular complexity index is 608. The standard InChI is InChI=1S/C18H32O14/c1-4-7(20)10(23)12(25)17(29-4)31-14-8(21)5(2)28-16(27)15(14)32-18-13(26)11(24)9(22)6(3-19)30-18/h4-27H,3H2,1-2H3/t4-,5-,6+,7-,8-,9+,10+,11-,12+,13-,14+,15+,16+,17-,18+/m0/s1. The van der Waals surface area contributed by atoms with E-state index in [9.17, 15) is 46.0 Å². The molecule has 3 heterocycles. The molecular formula is C18H32O14. The minimum atomic E-state index is -1.80. The van der Waals surface area contributed by atoms with Crippen molar-refractivity contribution in [3.05, 3.63) is 0 Å². The molecule has 0 unspecified atom stereocenters. The van der Waals surface area contributed by atoms with Crippen molar-refractivity contribution in [1.29, 1.82) is 0 Å². The fraction of sp³-hybridized carbons (Fsp3) is 1.00. The monoisotopic (exact) mass is 472 g/mol. The lowest BCUT2D eigenvalue weighted by Gasteiger charge is -2.47. The molecule has 3 aliphatic heterocycles. The molecule has 9 N–H and O–H groups in total. The molecule has 15 atom stereocenters. The van der Waals surface area contributed by atoms with Crippen molar-refractivity contribution < 1.29 is 69.6 Å². The van der Waals surface area contributed by atoms with Crippen molar-refractivity contribution in [1.82, 2.24) is 0 Å². The van der Waals surface area contributed by atoms with E-state index in [0.29, 0.717) is 0 Å². The van der Waals surface area contributed by atoms with Gasteiger partial charge in [0.25, 0.3) is 0 Å². The largest absolute Gasteiger partial charge is 0.394 e. The Morgan fingerprint density at radius 1 is 0.562 bits per heavy atom. The van der Waals surface area contributed by atoms with E-state index < -0.39 is 98.7 Å². The fourth-order valence-corrected chi connectivity index (χ4v) is 3.92. The average molecular weight is 472 g/mol. The number of aliphatic hydroxyl groups is 9. The van der Waals surface area contributed by atoms with Crippen LogP contribution in [0.4, 0.5) is 0 Å². The first-order valence-electron chi connectivity index (χ1n) is 10.3. The molecule has 3 aliphatic rings. The smallest absolute Gasteiger partial charge is 0.187 e. The summed E-state index contributed by atoms with van der Waals surface area (Å²) in [6.07, 6.45) is -22.6. The Morgan fingerprint density at radius 3 is 1.66 bits per heavy atom. The molecule has 0 amide bonds. The maximum Gasteiger partial charge on any atom is 0.187 e. The first kappa shape index (κ1) is 26.1. The third kappa shape index (κ3) is 4.94. The van der Waals surface area contributed by atoms with Crippen LogP contribution in [0.15, 0.2) is 0 Å². The number of hydrogen-bond donors (Lipinski definition) is 9. The van der Waals surface area contributed by atoms with Gasteiger partial charge in [-0.2, -0.15) is 0 Å². The van der Waals surface area contributed by atoms with Gasteiger partial charge in [-0.3, -0.25) is 0 Å². The summed E-state index contributed by atoms with van der Waals surface area (Å²) in [5, 5.41) is 90.4. The molecule has 188 valence electrons. The van der Waals surface area contributed by atoms with Gasteiger partial charge in [0.1, 0.15) is 61.0 Å². The second-order valence-electron chi connectivity index (χ2n) is 8.30. The average Bonchev–Trinajstić information content (AvgIpc) is 2.76. The molecular weight excluding hydrogens is 440 g/mol. The molecule has 3 saturated heterocycles. The van der Waals surface area contributed by atoms with E-state index in [-0.39, 0.29) is 0 Å². The molecule has 0 bridgehead atoms. The van der Waals surface area contributed by atoms with E-state index >= 15 is 0 Å². The first-order chi connectivity index (χ1) is 15.0. The van der Waals surface area contributed by atoms with Crippen molar-refractivity contribution in [3.63, 3.8) is 0 Å². The SMILES string of the molecule is C[C@@H]1O[C@@H](O[C@@H]2[C@@H](O)[C@H](C)O[C@@H](O)[C@@H]2O[C@H]2O[C@H](CO)[C@@H](O)[C@H](O)[C@@H]2O)[C@H](O)[C@H](O)[C@H]1O. The van der Waals surface area contributed by atoms with Crippen LogP contribution in [0.1, 0.15) is 13.8 Å². The molecule has 14 nitrogen and oxygen atoms in total. The normalized spacial score (nSPS) is 55.0. The topological polar surface area (TPSA) is 228 Å². The minimum Gasteiger partial charge on any atom is -0.394 e. The molecule has 0 spiro atoms. The third-order valence-corrected chi connectivity index (χ3v) is 6.02. The van der Waals surface area contributed by atoms with Gasteiger partial charge < -0.3 is 69.6 Å². The van der Waals surface area contributed by atoms with Gasteiger partial charge in [0.2, 0.25) is 0 Å². The Hall–Kier alpha value is -0.560. The van der Waals surface area contributed by atoms with Crippen LogP contribution in [-0.2, 0) is 23.7 Å². The Morgan fingerprint density at radius 2 is 1.06 bits per heavy atom. The van der Waals surface area contributed by atoms with Crippen LogP contribution in [0.5, 0.6) is 0 Å². The summed E-state index contributed by atoms with van der Waals surface area (Å²) in [6.45, 7) is 2.14. The highest BCUT2D eigenvalue weighted by Crippen LogP contribution is 2.32. The van der Waals surface area contributed by atoms with E-state index in [1.165, 1.54) is 13.8 Å². The predicted octanol–water partition coefficient (Wildman–Crippen LogP) is -5.52. The first-order valence-corrected chi connectivity index (χ1v) is 10.3. The highest BCUT2D eigenvalue weighted by atomic mass is 16.8. The summed E-state index contributed by atoms with van der Waals surface area (Å²) in [6, 6.07) is 0. The summed E-state index contributed by atoms with van der Waals surface area (Å²) in [4.78, 5) is 0. The zero-order valence-electron chi connectivity index (χ0n) is 17.4. The molecule has 0 aromatic heterocycles. The summed E-state index contributed by atoms with van der Waals surface area (Å²) >= 11 is 0. The number of rotatable bonds is 5. The van der Waals surface area contributed by atoms with Crippen molar-refractivity contribution >= 4 is 0 Å². The summed E-state index contributed by atoms with van der Waals surface area (Å²) in [7, 11) is 0. The number of hydrogen-bond acceptors (Lipinski definition) is 14. The van der Waals surface area contributed by atoms with Crippen molar-refractivity contribution in [2.45, 2.75) is 106 Å². The zero-order valence-corrected chi connectivity index (χ0v) is 17.4. The Labute approximate surface area is 183 Å². The third-order valence-electron chi connectivity index (χ3n) is 6.02. The van der Waals surface area contributed by atoms with Crippen LogP contribution in [0.3, 0.4) is 0 Å². The number of ether oxygens (including phenoxy) is 5. The van der Waals surface area contributed by atoms with Gasteiger partial charge in [-0.05, 0) is 13.8 Å². The highest BCUT2D eigenvalue weighted by Gasteiger charge is 2.52. The molecule has 0 aliphatic carbocycles. The van der Waals surface area contributed by atoms with Crippen LogP contribution in [0, 0.1) is 0 Å². The lowest BCUT2D eigenvalue weighted by atomic mass is 9.96. The van der Waals surface area contributed by atoms with Gasteiger partial charge in [0, 0.05) is 0 Å². The van der Waals surface area contributed by atoms with Crippen molar-refractivity contribution in [3.8, 4) is 0 Å². The van der Waals surface area contributed by atoms with Crippen molar-refractivity contribution in [2.75, 3.05) is 6.61 Å². The molecule has 14 heteroatoms. The summed E-state index contributed by atoms with van der Waals surface area (Å²) < 4.78 is 27.0. The molecule has 32 heavy (non-hydrogen) atoms. The fourth-order valence-electron chi connectivity index (χ4n) is 3.92. The van der Waals surface area contributed by atoms with Gasteiger partial charge in [0.15, 0.2) is 18.9 Å². The minimum absolute atomic E-state index is 0.714. The highest BCUT2D eigenvalue weighted by molar-refractivity contribution is 4.95. The van der Waals surface area contributed by atoms with Gasteiger partial charge in [0.05, 0.1) is 18.8 Å². The Balaban J connectivity index is 1.79. The van der Waals surface area contributed by atoms with E-state index in [0.717, 1.165) is 0 Å². The van der Waals surface area contributed by atoms with Crippen LogP contribution in [-0.4, -0.2) is 145 Å². The zero-order chi connectivity index (χ0) is 23.9. The van der Waals surface area contributed by atoms with Crippen molar-refractivity contribution in [2.24, 2.45) is 0 Å². The van der Waals surface area contributed by atoms with E-state index in [4.69, 9.17) is 23.7 Å². The van der Waals surface area contributed by atoms with E-state index in [1.54, 1.807) is 0 Å². The maximum atomic E-state index is 10.6. The summed E-state index contributed by atoms with van der Waals surface area (Å²) in [5.41, 5.74) is 0. The maximum absolute atomic E-state index is 10.6. The number of aliphatic hydroxyl groups excluding tert-OH is 9. The van der Waals surface area contributed by atoms with Gasteiger partial charge in [-0.15, -0.1) is 0 Å². The van der Waals surface area contributed by atoms with E-state index in [1.807, 2.05) is 0 Å². The lowest BCUT2D eigenvalue weighted by molar-refractivity contribution is -0.384. The van der Waals surface area contributed by atoms with Crippen LogP contribution >= 0.6 is 0 Å². The second-order valence-corrected chi connectivity index (χ2v) is 8.30. The molecule has 3 fully saturated rings. The second kappa shape index (κ2) is 10.4. The van der Waals surface area contributed by atoms with Gasteiger partial charge in [-0.1, -0.05) is 0 Å². The van der Waals surface area contributed by atoms with Gasteiger partial charge in [-0.25, -0.2) is 0 Å². The molecule has 3 rings (SSSR count). The molecule has 0 aromatic rings. The van der Waals surface area contributed by atoms with E-state index in [2.05, 4.69) is 0 Å². The Kier molecular flexibility index (Phi) is 8.44. The summed E-state index contributed by atoms with van der Waals surface area (Å²) in [5.74, 6) is 0. The molecule has 0 radical (unpaired) electrons.